The second-order valence-electron chi connectivity index (χ2n) is 7.56. The number of allylic oxidation sites excluding steroid dienone is 4. The Morgan fingerprint density at radius 3 is 2.31 bits per heavy atom. The minimum absolute atomic E-state index is 0.229. The molecule has 0 aliphatic carbocycles. The van der Waals surface area contributed by atoms with Gasteiger partial charge in [-0.1, -0.05) is 79.4 Å². The second-order valence-corrected chi connectivity index (χ2v) is 9.69. The molecular formula is C30H32FN2OS2+. The third kappa shape index (κ3) is 6.13. The summed E-state index contributed by atoms with van der Waals surface area (Å²) in [7, 11) is 5.17. The molecule has 36 heavy (non-hydrogen) atoms. The summed E-state index contributed by atoms with van der Waals surface area (Å²) in [5.74, 6) is -0.229. The Hall–Kier alpha value is -3.19. The van der Waals surface area contributed by atoms with Gasteiger partial charge in [-0.2, -0.15) is 4.57 Å². The van der Waals surface area contributed by atoms with Crippen LogP contribution in [0.5, 0.6) is 0 Å². The zero-order valence-electron chi connectivity index (χ0n) is 21.3. The van der Waals surface area contributed by atoms with Gasteiger partial charge in [-0.15, -0.1) is 0 Å². The van der Waals surface area contributed by atoms with E-state index in [4.69, 9.17) is 5.11 Å². The number of thiazole rings is 1. The first-order chi connectivity index (χ1) is 17.6. The molecule has 0 fully saturated rings. The van der Waals surface area contributed by atoms with Crippen molar-refractivity contribution in [1.29, 1.82) is 0 Å². The number of hydrogen-bond donors (Lipinski definition) is 1. The maximum absolute atomic E-state index is 13.5. The molecule has 5 rings (SSSR count). The van der Waals surface area contributed by atoms with Crippen molar-refractivity contribution in [1.82, 2.24) is 0 Å². The van der Waals surface area contributed by atoms with Crippen molar-refractivity contribution in [3.63, 3.8) is 0 Å². The molecule has 0 saturated carbocycles. The summed E-state index contributed by atoms with van der Waals surface area (Å²) in [5, 5.41) is 9.32. The Kier molecular flexibility index (Phi) is 10.1. The zero-order valence-corrected chi connectivity index (χ0v) is 22.9. The van der Waals surface area contributed by atoms with Crippen LogP contribution >= 0.6 is 23.1 Å². The number of rotatable bonds is 4. The number of halogens is 1. The summed E-state index contributed by atoms with van der Waals surface area (Å²) in [4.78, 5) is 3.46. The minimum atomic E-state index is -0.229. The highest BCUT2D eigenvalue weighted by molar-refractivity contribution is 8.03. The van der Waals surface area contributed by atoms with E-state index < -0.39 is 0 Å². The van der Waals surface area contributed by atoms with Crippen LogP contribution in [0.4, 0.5) is 10.1 Å². The van der Waals surface area contributed by atoms with Gasteiger partial charge < -0.3 is 10.0 Å². The molecule has 3 nitrogen and oxygen atoms in total. The first kappa shape index (κ1) is 27.4. The van der Waals surface area contributed by atoms with Gasteiger partial charge in [0, 0.05) is 31.2 Å². The van der Waals surface area contributed by atoms with Gasteiger partial charge in [0.25, 0.3) is 5.01 Å². The highest BCUT2D eigenvalue weighted by Crippen LogP contribution is 2.44. The van der Waals surface area contributed by atoms with Gasteiger partial charge in [0.1, 0.15) is 17.6 Å². The van der Waals surface area contributed by atoms with Gasteiger partial charge >= 0.3 is 0 Å². The van der Waals surface area contributed by atoms with E-state index in [0.29, 0.717) is 0 Å². The molecule has 0 bridgehead atoms. The number of nitrogens with zero attached hydrogens (tertiary/aromatic N) is 2. The van der Waals surface area contributed by atoms with Crippen LogP contribution in [0.2, 0.25) is 0 Å². The molecule has 1 N–H and O–H groups in total. The van der Waals surface area contributed by atoms with Crippen LogP contribution in [-0.4, -0.2) is 19.3 Å². The first-order valence-corrected chi connectivity index (χ1v) is 13.4. The molecule has 2 heterocycles. The fraction of sp³-hybridized carbons (Fsp3) is 0.167. The summed E-state index contributed by atoms with van der Waals surface area (Å²) in [6, 6.07) is 23.5. The normalized spacial score (nSPS) is 13.9. The van der Waals surface area contributed by atoms with E-state index in [9.17, 15) is 4.39 Å². The number of aromatic nitrogens is 1. The number of aliphatic hydroxyl groups excluding tert-OH is 1. The van der Waals surface area contributed by atoms with Crippen molar-refractivity contribution in [2.75, 3.05) is 19.1 Å². The highest BCUT2D eigenvalue weighted by atomic mass is 32.2. The lowest BCUT2D eigenvalue weighted by Gasteiger charge is -2.12. The summed E-state index contributed by atoms with van der Waals surface area (Å²) in [6.07, 6.45) is 8.50. The Labute approximate surface area is 221 Å². The van der Waals surface area contributed by atoms with E-state index >= 15 is 0 Å². The number of aryl methyl sites for hydroxylation is 1. The first-order valence-electron chi connectivity index (χ1n) is 11.8. The van der Waals surface area contributed by atoms with Gasteiger partial charge in [-0.25, -0.2) is 4.39 Å². The number of aliphatic hydroxyl groups is 1. The van der Waals surface area contributed by atoms with E-state index in [0.717, 1.165) is 28.3 Å². The van der Waals surface area contributed by atoms with Crippen LogP contribution in [-0.2, 0) is 7.05 Å². The van der Waals surface area contributed by atoms with Crippen molar-refractivity contribution < 1.29 is 14.1 Å². The summed E-state index contributed by atoms with van der Waals surface area (Å²) in [5.41, 5.74) is 4.44. The smallest absolute Gasteiger partial charge is 0.262 e. The van der Waals surface area contributed by atoms with E-state index in [2.05, 4.69) is 96.4 Å². The number of para-hydroxylation sites is 2. The standard InChI is InChI=1S/C27H22FN2S2.C2H6.CH4O/c1-29-22-7-3-5-9-24(22)31-26(29)17-13-20(19-11-15-21(28)16-12-19)14-18-27-30(2)23-8-4-6-10-25(23)32-27;2*1-2/h3-18H,1-2H3;1-2H3;2H,1H3/q+1;;. The summed E-state index contributed by atoms with van der Waals surface area (Å²) in [6.45, 7) is 4.00. The predicted molar refractivity (Wildman–Crippen MR) is 155 cm³/mol. The molecule has 0 unspecified atom stereocenters. The van der Waals surface area contributed by atoms with E-state index in [-0.39, 0.29) is 5.82 Å². The zero-order chi connectivity index (χ0) is 26.1. The van der Waals surface area contributed by atoms with Crippen LogP contribution in [0, 0.1) is 5.82 Å². The van der Waals surface area contributed by atoms with E-state index in [1.807, 2.05) is 26.0 Å². The molecule has 0 atom stereocenters. The molecule has 1 aromatic heterocycles. The van der Waals surface area contributed by atoms with Crippen LogP contribution in [0.15, 0.2) is 101 Å². The van der Waals surface area contributed by atoms with Gasteiger partial charge in [-0.05, 0) is 53.6 Å². The Balaban J connectivity index is 0.000000861. The molecule has 6 heteroatoms. The van der Waals surface area contributed by atoms with Gasteiger partial charge in [0.05, 0.1) is 10.7 Å². The number of anilines is 1. The average molecular weight is 520 g/mol. The summed E-state index contributed by atoms with van der Waals surface area (Å²) >= 11 is 3.52. The van der Waals surface area contributed by atoms with Crippen molar-refractivity contribution in [3.05, 3.63) is 112 Å². The fourth-order valence-corrected chi connectivity index (χ4v) is 5.85. The Morgan fingerprint density at radius 2 is 1.61 bits per heavy atom. The molecule has 1 aliphatic rings. The molecule has 1 aliphatic heterocycles. The van der Waals surface area contributed by atoms with Crippen molar-refractivity contribution in [3.8, 4) is 0 Å². The van der Waals surface area contributed by atoms with Gasteiger partial charge in [-0.3, -0.25) is 0 Å². The third-order valence-electron chi connectivity index (χ3n) is 5.53. The van der Waals surface area contributed by atoms with Crippen molar-refractivity contribution in [2.24, 2.45) is 7.05 Å². The van der Waals surface area contributed by atoms with Crippen LogP contribution in [0.1, 0.15) is 24.4 Å². The molecule has 186 valence electrons. The minimum Gasteiger partial charge on any atom is -0.400 e. The lowest BCUT2D eigenvalue weighted by atomic mass is 10.0. The lowest BCUT2D eigenvalue weighted by Crippen LogP contribution is -2.28. The van der Waals surface area contributed by atoms with Gasteiger partial charge in [0.15, 0.2) is 0 Å². The number of hydrogen-bond acceptors (Lipinski definition) is 4. The second kappa shape index (κ2) is 13.2. The summed E-state index contributed by atoms with van der Waals surface area (Å²) < 4.78 is 17.0. The third-order valence-corrected chi connectivity index (χ3v) is 7.90. The molecule has 0 saturated heterocycles. The number of fused-ring (bicyclic) bond motifs is 2. The van der Waals surface area contributed by atoms with Crippen LogP contribution in [0.25, 0.3) is 21.9 Å². The maximum atomic E-state index is 13.5. The fourth-order valence-electron chi connectivity index (χ4n) is 3.74. The largest absolute Gasteiger partial charge is 0.400 e. The average Bonchev–Trinajstić information content (AvgIpc) is 3.43. The molecule has 0 spiro atoms. The number of benzene rings is 3. The van der Waals surface area contributed by atoms with E-state index in [1.54, 1.807) is 23.1 Å². The monoisotopic (exact) mass is 519 g/mol. The molecular weight excluding hydrogens is 487 g/mol. The Bertz CT molecular complexity index is 1390. The molecule has 3 aromatic carbocycles. The van der Waals surface area contributed by atoms with Crippen molar-refractivity contribution in [2.45, 2.75) is 18.7 Å². The number of thioether (sulfide) groups is 1. The van der Waals surface area contributed by atoms with Crippen LogP contribution in [0.3, 0.4) is 0 Å². The van der Waals surface area contributed by atoms with Gasteiger partial charge in [0.2, 0.25) is 5.52 Å². The van der Waals surface area contributed by atoms with Crippen molar-refractivity contribution >= 4 is 50.7 Å². The Morgan fingerprint density at radius 1 is 0.944 bits per heavy atom. The maximum Gasteiger partial charge on any atom is 0.262 e. The molecule has 0 radical (unpaired) electrons. The predicted octanol–water partition coefficient (Wildman–Crippen LogP) is 7.68. The molecule has 4 aromatic rings. The topological polar surface area (TPSA) is 27.4 Å². The van der Waals surface area contributed by atoms with Crippen LogP contribution < -0.4 is 9.47 Å². The lowest BCUT2D eigenvalue weighted by molar-refractivity contribution is -0.642. The quantitative estimate of drug-likeness (QED) is 0.221. The molecule has 0 amide bonds. The SMILES string of the molecule is CC.CN1/C(=C/C=C(/C=C/c2sc3ccccc3[n+]2C)c2ccc(F)cc2)Sc2ccccc21.CO. The van der Waals surface area contributed by atoms with E-state index in [1.165, 1.54) is 32.9 Å². The highest BCUT2D eigenvalue weighted by Gasteiger charge is 2.20.